The monoisotopic (exact) mass is 379 g/mol. The summed E-state index contributed by atoms with van der Waals surface area (Å²) in [4.78, 5) is 22.3. The number of Topliss-reactive ketones (excluding diaryl/α,β-unsaturated/α-hetero) is 1. The van der Waals surface area contributed by atoms with E-state index in [-0.39, 0.29) is 6.54 Å². The molecule has 0 rings (SSSR count). The van der Waals surface area contributed by atoms with Crippen LogP contribution in [0, 0.1) is 0 Å². The Bertz CT molecular complexity index is 371. The van der Waals surface area contributed by atoms with Crippen LogP contribution >= 0.6 is 0 Å². The van der Waals surface area contributed by atoms with Crippen molar-refractivity contribution < 1.29 is 22.8 Å². The summed E-state index contributed by atoms with van der Waals surface area (Å²) in [7, 11) is 0. The number of amides is 1. The van der Waals surface area contributed by atoms with Gasteiger partial charge in [0.25, 0.3) is 0 Å². The lowest BCUT2D eigenvalue weighted by Gasteiger charge is -2.07. The molecule has 0 aliphatic carbocycles. The number of nitrogens with one attached hydrogen (secondary N) is 1. The summed E-state index contributed by atoms with van der Waals surface area (Å²) in [5, 5.41) is 1.88. The molecule has 0 saturated heterocycles. The molecule has 0 fully saturated rings. The van der Waals surface area contributed by atoms with Gasteiger partial charge in [0.15, 0.2) is 0 Å². The van der Waals surface area contributed by atoms with Crippen molar-refractivity contribution in [2.75, 3.05) is 6.54 Å². The third-order valence-corrected chi connectivity index (χ3v) is 4.48. The minimum Gasteiger partial charge on any atom is -0.348 e. The minimum absolute atomic E-state index is 0.0747. The lowest BCUT2D eigenvalue weighted by Crippen LogP contribution is -2.37. The van der Waals surface area contributed by atoms with E-state index >= 15 is 0 Å². The lowest BCUT2D eigenvalue weighted by atomic mass is 10.0. The fraction of sp³-hybridized carbons (Fsp3) is 0.900. The fourth-order valence-corrected chi connectivity index (χ4v) is 2.86. The van der Waals surface area contributed by atoms with E-state index in [9.17, 15) is 22.8 Å². The van der Waals surface area contributed by atoms with Crippen molar-refractivity contribution in [3.05, 3.63) is 0 Å². The lowest BCUT2D eigenvalue weighted by molar-refractivity contribution is -0.173. The number of hydrogen-bond donors (Lipinski definition) is 1. The molecule has 0 aliphatic rings. The predicted molar refractivity (Wildman–Crippen MR) is 99.0 cm³/mol. The Morgan fingerprint density at radius 2 is 1.12 bits per heavy atom. The highest BCUT2D eigenvalue weighted by atomic mass is 19.4. The van der Waals surface area contributed by atoms with Gasteiger partial charge in [0, 0.05) is 19.4 Å². The van der Waals surface area contributed by atoms with Gasteiger partial charge in [0.1, 0.15) is 5.78 Å². The first kappa shape index (κ1) is 24.9. The number of carbonyl (C=O) groups excluding carboxylic acids is 2. The van der Waals surface area contributed by atoms with Gasteiger partial charge in [-0.2, -0.15) is 13.2 Å². The smallest absolute Gasteiger partial charge is 0.348 e. The second-order valence-corrected chi connectivity index (χ2v) is 7.03. The average molecular weight is 380 g/mol. The summed E-state index contributed by atoms with van der Waals surface area (Å²) in [6.07, 6.45) is 10.2. The fourth-order valence-electron chi connectivity index (χ4n) is 2.86. The van der Waals surface area contributed by atoms with E-state index in [1.54, 1.807) is 0 Å². The molecule has 0 aromatic carbocycles. The van der Waals surface area contributed by atoms with Crippen LogP contribution in [0.1, 0.15) is 103 Å². The minimum atomic E-state index is -4.79. The molecule has 1 amide bonds. The van der Waals surface area contributed by atoms with Crippen LogP contribution in [0.25, 0.3) is 0 Å². The van der Waals surface area contributed by atoms with Gasteiger partial charge < -0.3 is 5.32 Å². The van der Waals surface area contributed by atoms with Crippen LogP contribution < -0.4 is 5.32 Å². The van der Waals surface area contributed by atoms with E-state index in [4.69, 9.17) is 0 Å². The van der Waals surface area contributed by atoms with Crippen LogP contribution in [0.15, 0.2) is 0 Å². The molecule has 0 unspecified atom stereocenters. The maximum absolute atomic E-state index is 11.9. The van der Waals surface area contributed by atoms with E-state index in [1.807, 2.05) is 5.32 Å². The topological polar surface area (TPSA) is 46.2 Å². The number of carbonyl (C=O) groups is 2. The zero-order chi connectivity index (χ0) is 19.7. The summed E-state index contributed by atoms with van der Waals surface area (Å²) in [6.45, 7) is 2.27. The van der Waals surface area contributed by atoms with Crippen LogP contribution in [0.2, 0.25) is 0 Å². The Kier molecular flexibility index (Phi) is 15.5. The Balaban J connectivity index is 3.28. The van der Waals surface area contributed by atoms with Crippen molar-refractivity contribution in [1.29, 1.82) is 0 Å². The SMILES string of the molecule is CCCCCCCCC(=O)CCCCCCCCCNC(=O)C(F)(F)F. The predicted octanol–water partition coefficient (Wildman–Crippen LogP) is 6.11. The molecule has 0 saturated carbocycles. The molecule has 3 nitrogen and oxygen atoms in total. The maximum atomic E-state index is 11.9. The third-order valence-electron chi connectivity index (χ3n) is 4.48. The van der Waals surface area contributed by atoms with Gasteiger partial charge in [-0.1, -0.05) is 71.1 Å². The number of unbranched alkanes of at least 4 members (excludes halogenated alkanes) is 11. The Hall–Kier alpha value is -1.07. The Labute approximate surface area is 156 Å². The number of rotatable bonds is 17. The average Bonchev–Trinajstić information content (AvgIpc) is 2.58. The molecule has 0 bridgehead atoms. The van der Waals surface area contributed by atoms with E-state index in [2.05, 4.69) is 6.92 Å². The van der Waals surface area contributed by atoms with Crippen LogP contribution in [0.4, 0.5) is 13.2 Å². The molecular formula is C20H36F3NO2. The molecule has 6 heteroatoms. The normalized spacial score (nSPS) is 11.5. The third kappa shape index (κ3) is 16.4. The zero-order valence-corrected chi connectivity index (χ0v) is 16.3. The van der Waals surface area contributed by atoms with Gasteiger partial charge in [-0.05, 0) is 19.3 Å². The van der Waals surface area contributed by atoms with Crippen molar-refractivity contribution in [2.45, 2.75) is 109 Å². The summed E-state index contributed by atoms with van der Waals surface area (Å²) < 4.78 is 35.8. The maximum Gasteiger partial charge on any atom is 0.471 e. The van der Waals surface area contributed by atoms with Crippen LogP contribution in [0.3, 0.4) is 0 Å². The van der Waals surface area contributed by atoms with E-state index < -0.39 is 12.1 Å². The molecule has 26 heavy (non-hydrogen) atoms. The molecule has 0 atom stereocenters. The summed E-state index contributed by atoms with van der Waals surface area (Å²) in [6, 6.07) is 0. The number of ketones is 1. The van der Waals surface area contributed by atoms with Gasteiger partial charge in [-0.3, -0.25) is 9.59 Å². The quantitative estimate of drug-likeness (QED) is 0.310. The van der Waals surface area contributed by atoms with E-state index in [0.29, 0.717) is 18.6 Å². The van der Waals surface area contributed by atoms with Gasteiger partial charge in [-0.25, -0.2) is 0 Å². The zero-order valence-electron chi connectivity index (χ0n) is 16.3. The second kappa shape index (κ2) is 16.1. The summed E-state index contributed by atoms with van der Waals surface area (Å²) >= 11 is 0. The number of halogens is 3. The van der Waals surface area contributed by atoms with E-state index in [1.165, 1.54) is 25.7 Å². The highest BCUT2D eigenvalue weighted by molar-refractivity contribution is 5.81. The van der Waals surface area contributed by atoms with Crippen molar-refractivity contribution in [1.82, 2.24) is 5.32 Å². The van der Waals surface area contributed by atoms with Crippen LogP contribution in [-0.4, -0.2) is 24.4 Å². The second-order valence-electron chi connectivity index (χ2n) is 7.03. The largest absolute Gasteiger partial charge is 0.471 e. The molecule has 0 radical (unpaired) electrons. The standard InChI is InChI=1S/C20H36F3NO2/c1-2-3-4-5-9-12-15-18(25)16-13-10-7-6-8-11-14-17-24-19(26)20(21,22)23/h2-17H2,1H3,(H,24,26). The van der Waals surface area contributed by atoms with E-state index in [0.717, 1.165) is 57.8 Å². The molecule has 0 aromatic heterocycles. The van der Waals surface area contributed by atoms with Gasteiger partial charge in [-0.15, -0.1) is 0 Å². The molecule has 0 spiro atoms. The highest BCUT2D eigenvalue weighted by Gasteiger charge is 2.38. The molecule has 154 valence electrons. The summed E-state index contributed by atoms with van der Waals surface area (Å²) in [5.41, 5.74) is 0. The number of alkyl halides is 3. The van der Waals surface area contributed by atoms with Crippen LogP contribution in [-0.2, 0) is 9.59 Å². The first-order valence-electron chi connectivity index (χ1n) is 10.2. The van der Waals surface area contributed by atoms with Crippen molar-refractivity contribution in [3.8, 4) is 0 Å². The highest BCUT2D eigenvalue weighted by Crippen LogP contribution is 2.14. The Morgan fingerprint density at radius 1 is 0.692 bits per heavy atom. The molecule has 0 aliphatic heterocycles. The molecule has 1 N–H and O–H groups in total. The molecule has 0 aromatic rings. The van der Waals surface area contributed by atoms with Crippen LogP contribution in [0.5, 0.6) is 0 Å². The first-order valence-corrected chi connectivity index (χ1v) is 10.2. The summed E-state index contributed by atoms with van der Waals surface area (Å²) in [5.74, 6) is -1.48. The van der Waals surface area contributed by atoms with Gasteiger partial charge >= 0.3 is 12.1 Å². The first-order chi connectivity index (χ1) is 12.4. The van der Waals surface area contributed by atoms with Crippen molar-refractivity contribution in [3.63, 3.8) is 0 Å². The Morgan fingerprint density at radius 3 is 1.58 bits per heavy atom. The number of hydrogen-bond acceptors (Lipinski definition) is 2. The van der Waals surface area contributed by atoms with Gasteiger partial charge in [0.2, 0.25) is 0 Å². The van der Waals surface area contributed by atoms with Gasteiger partial charge in [0.05, 0.1) is 0 Å². The molecular weight excluding hydrogens is 343 g/mol. The molecule has 0 heterocycles. The van der Waals surface area contributed by atoms with Crippen molar-refractivity contribution >= 4 is 11.7 Å². The van der Waals surface area contributed by atoms with Crippen molar-refractivity contribution in [2.24, 2.45) is 0 Å².